The number of hydrazine groups is 1. The Hall–Kier alpha value is -2.53. The fraction of sp³-hybridized carbons (Fsp3) is 0.176. The molecule has 4 nitrogen and oxygen atoms in total. The number of rotatable bonds is 4. The van der Waals surface area contributed by atoms with Gasteiger partial charge in [0, 0.05) is 36.0 Å². The van der Waals surface area contributed by atoms with Gasteiger partial charge < -0.3 is 15.4 Å². The van der Waals surface area contributed by atoms with Crippen molar-refractivity contribution in [2.75, 3.05) is 12.4 Å². The summed E-state index contributed by atoms with van der Waals surface area (Å²) in [5.74, 6) is -0.906. The van der Waals surface area contributed by atoms with Crippen LogP contribution in [0.25, 0.3) is 5.70 Å². The highest BCUT2D eigenvalue weighted by atomic mass is 19.1. The fourth-order valence-corrected chi connectivity index (χ4v) is 2.70. The van der Waals surface area contributed by atoms with Gasteiger partial charge in [-0.15, -0.1) is 0 Å². The zero-order chi connectivity index (χ0) is 15.7. The quantitative estimate of drug-likeness (QED) is 0.812. The van der Waals surface area contributed by atoms with Crippen molar-refractivity contribution in [3.63, 3.8) is 0 Å². The first-order valence-electron chi connectivity index (χ1n) is 7.08. The van der Waals surface area contributed by atoms with Gasteiger partial charge in [-0.2, -0.15) is 0 Å². The Morgan fingerprint density at radius 3 is 2.82 bits per heavy atom. The molecule has 0 atom stereocenters. The first-order valence-corrected chi connectivity index (χ1v) is 7.08. The molecule has 0 fully saturated rings. The van der Waals surface area contributed by atoms with Crippen molar-refractivity contribution in [3.05, 3.63) is 65.5 Å². The Morgan fingerprint density at radius 2 is 2.05 bits per heavy atom. The molecular formula is C17H18FN3O. The molecule has 1 aliphatic heterocycles. The van der Waals surface area contributed by atoms with Gasteiger partial charge in [0.1, 0.15) is 0 Å². The van der Waals surface area contributed by atoms with E-state index in [1.165, 1.54) is 6.07 Å². The van der Waals surface area contributed by atoms with E-state index in [2.05, 4.69) is 17.3 Å². The number of phenolic OH excluding ortho intramolecular Hbond substituents is 1. The monoisotopic (exact) mass is 299 g/mol. The van der Waals surface area contributed by atoms with Crippen LogP contribution >= 0.6 is 0 Å². The second-order valence-electron chi connectivity index (χ2n) is 5.19. The molecule has 0 aromatic heterocycles. The van der Waals surface area contributed by atoms with E-state index in [0.717, 1.165) is 22.5 Å². The molecule has 114 valence electrons. The molecule has 0 unspecified atom stereocenters. The van der Waals surface area contributed by atoms with Gasteiger partial charge in [-0.25, -0.2) is 9.82 Å². The summed E-state index contributed by atoms with van der Waals surface area (Å²) in [6.07, 6.45) is 0. The van der Waals surface area contributed by atoms with Gasteiger partial charge in [0.15, 0.2) is 11.6 Å². The lowest BCUT2D eigenvalue weighted by Gasteiger charge is -2.17. The van der Waals surface area contributed by atoms with E-state index in [4.69, 9.17) is 0 Å². The largest absolute Gasteiger partial charge is 0.505 e. The van der Waals surface area contributed by atoms with Crippen molar-refractivity contribution in [1.82, 2.24) is 10.4 Å². The van der Waals surface area contributed by atoms with E-state index in [-0.39, 0.29) is 5.75 Å². The number of anilines is 1. The SMILES string of the molecule is C=C1c2cccc(NCc3cccc(O)c3F)c2CN1NC. The molecule has 2 aromatic rings. The molecule has 0 amide bonds. The minimum atomic E-state index is -0.580. The first-order chi connectivity index (χ1) is 10.6. The van der Waals surface area contributed by atoms with Gasteiger partial charge in [-0.3, -0.25) is 0 Å². The number of halogens is 1. The summed E-state index contributed by atoms with van der Waals surface area (Å²) >= 11 is 0. The Balaban J connectivity index is 1.83. The molecule has 0 aliphatic carbocycles. The van der Waals surface area contributed by atoms with E-state index in [0.29, 0.717) is 18.7 Å². The second kappa shape index (κ2) is 5.69. The van der Waals surface area contributed by atoms with Crippen molar-refractivity contribution >= 4 is 11.4 Å². The van der Waals surface area contributed by atoms with Crippen molar-refractivity contribution < 1.29 is 9.50 Å². The van der Waals surface area contributed by atoms with Crippen LogP contribution in [-0.2, 0) is 13.1 Å². The molecule has 1 heterocycles. The maximum Gasteiger partial charge on any atom is 0.169 e. The highest BCUT2D eigenvalue weighted by Crippen LogP contribution is 2.34. The predicted molar refractivity (Wildman–Crippen MR) is 85.5 cm³/mol. The summed E-state index contributed by atoms with van der Waals surface area (Å²) in [5, 5.41) is 14.6. The number of aromatic hydroxyl groups is 1. The Labute approximate surface area is 128 Å². The average molecular weight is 299 g/mol. The highest BCUT2D eigenvalue weighted by Gasteiger charge is 2.23. The van der Waals surface area contributed by atoms with Crippen LogP contribution in [0.2, 0.25) is 0 Å². The van der Waals surface area contributed by atoms with Crippen LogP contribution in [0.15, 0.2) is 43.0 Å². The summed E-state index contributed by atoms with van der Waals surface area (Å²) in [6.45, 7) is 5.09. The van der Waals surface area contributed by atoms with Gasteiger partial charge in [-0.05, 0) is 12.1 Å². The first kappa shape index (κ1) is 14.4. The average Bonchev–Trinajstić information content (AvgIpc) is 2.86. The number of fused-ring (bicyclic) bond motifs is 1. The van der Waals surface area contributed by atoms with Gasteiger partial charge >= 0.3 is 0 Å². The second-order valence-corrected chi connectivity index (χ2v) is 5.19. The molecule has 0 saturated heterocycles. The van der Waals surface area contributed by atoms with E-state index in [9.17, 15) is 9.50 Å². The molecule has 0 spiro atoms. The van der Waals surface area contributed by atoms with Crippen LogP contribution in [0.1, 0.15) is 16.7 Å². The van der Waals surface area contributed by atoms with E-state index in [1.807, 2.05) is 30.3 Å². The van der Waals surface area contributed by atoms with Crippen molar-refractivity contribution in [3.8, 4) is 5.75 Å². The minimum Gasteiger partial charge on any atom is -0.505 e. The maximum absolute atomic E-state index is 13.8. The van der Waals surface area contributed by atoms with Crippen molar-refractivity contribution in [2.24, 2.45) is 0 Å². The Morgan fingerprint density at radius 1 is 1.27 bits per heavy atom. The predicted octanol–water partition coefficient (Wildman–Crippen LogP) is 3.06. The molecule has 22 heavy (non-hydrogen) atoms. The minimum absolute atomic E-state index is 0.308. The van der Waals surface area contributed by atoms with Gasteiger partial charge in [-0.1, -0.05) is 30.8 Å². The van der Waals surface area contributed by atoms with Crippen molar-refractivity contribution in [2.45, 2.75) is 13.1 Å². The van der Waals surface area contributed by atoms with Crippen LogP contribution in [0, 0.1) is 5.82 Å². The normalized spacial score (nSPS) is 13.4. The zero-order valence-corrected chi connectivity index (χ0v) is 12.4. The van der Waals surface area contributed by atoms with E-state index >= 15 is 0 Å². The Kier molecular flexibility index (Phi) is 3.73. The molecule has 5 heteroatoms. The van der Waals surface area contributed by atoms with Crippen LogP contribution in [0.4, 0.5) is 10.1 Å². The van der Waals surface area contributed by atoms with Crippen molar-refractivity contribution in [1.29, 1.82) is 0 Å². The highest BCUT2D eigenvalue weighted by molar-refractivity contribution is 5.74. The number of nitrogens with one attached hydrogen (secondary N) is 2. The van der Waals surface area contributed by atoms with Crippen LogP contribution in [0.3, 0.4) is 0 Å². The van der Waals surface area contributed by atoms with Crippen LogP contribution in [-0.4, -0.2) is 17.2 Å². The number of nitrogens with zero attached hydrogens (tertiary/aromatic N) is 1. The molecule has 0 bridgehead atoms. The van der Waals surface area contributed by atoms with Gasteiger partial charge in [0.05, 0.1) is 12.2 Å². The van der Waals surface area contributed by atoms with E-state index < -0.39 is 5.82 Å². The molecule has 3 N–H and O–H groups in total. The number of hydrogen-bond donors (Lipinski definition) is 3. The van der Waals surface area contributed by atoms with Gasteiger partial charge in [0.25, 0.3) is 0 Å². The number of hydrogen-bond acceptors (Lipinski definition) is 4. The summed E-state index contributed by atoms with van der Waals surface area (Å²) in [6, 6.07) is 10.6. The number of phenols is 1. The van der Waals surface area contributed by atoms with E-state index in [1.54, 1.807) is 12.1 Å². The Bertz CT molecular complexity index is 730. The van der Waals surface area contributed by atoms with Crippen LogP contribution in [0.5, 0.6) is 5.75 Å². The molecule has 0 saturated carbocycles. The van der Waals surface area contributed by atoms with Gasteiger partial charge in [0.2, 0.25) is 0 Å². The lowest BCUT2D eigenvalue weighted by molar-refractivity contribution is 0.328. The zero-order valence-electron chi connectivity index (χ0n) is 12.4. The van der Waals surface area contributed by atoms with Crippen LogP contribution < -0.4 is 10.7 Å². The third-order valence-electron chi connectivity index (χ3n) is 3.93. The fourth-order valence-electron chi connectivity index (χ4n) is 2.70. The smallest absolute Gasteiger partial charge is 0.169 e. The summed E-state index contributed by atoms with van der Waals surface area (Å²) in [5.41, 5.74) is 7.59. The summed E-state index contributed by atoms with van der Waals surface area (Å²) in [4.78, 5) is 0. The molecule has 0 radical (unpaired) electrons. The lowest BCUT2D eigenvalue weighted by Crippen LogP contribution is -2.28. The molecular weight excluding hydrogens is 281 g/mol. The molecule has 2 aromatic carbocycles. The third-order valence-corrected chi connectivity index (χ3v) is 3.93. The molecule has 3 rings (SSSR count). The number of benzene rings is 2. The maximum atomic E-state index is 13.8. The summed E-state index contributed by atoms with van der Waals surface area (Å²) in [7, 11) is 1.85. The third kappa shape index (κ3) is 2.40. The summed E-state index contributed by atoms with van der Waals surface area (Å²) < 4.78 is 13.8. The standard InChI is InChI=1S/C17H18FN3O/c1-11-13-6-4-7-15(14(13)10-21(11)19-2)20-9-12-5-3-8-16(22)17(12)18/h3-8,19-20,22H,1,9-10H2,2H3. The lowest BCUT2D eigenvalue weighted by atomic mass is 10.1. The topological polar surface area (TPSA) is 47.5 Å². The molecule has 1 aliphatic rings.